The molecule has 0 radical (unpaired) electrons. The standard InChI is InChI=1S/C22H24N2O5/c1-28-16-8-14(9-17(10-16)29-2)13-24-7-6-22(21(24)26)11-15-4-3-5-18(19(15)12-22)20(25)23-27/h3-5,8-10,27H,6-7,11-13H2,1-2H3,(H,23,25). The highest BCUT2D eigenvalue weighted by Crippen LogP contribution is 2.46. The van der Waals surface area contributed by atoms with E-state index in [1.807, 2.05) is 23.1 Å². The number of likely N-dealkylation sites (tertiary alicyclic amines) is 1. The normalized spacial score (nSPS) is 20.1. The lowest BCUT2D eigenvalue weighted by Crippen LogP contribution is -2.35. The SMILES string of the molecule is COc1cc(CN2CCC3(Cc4cccc(C(=O)NO)c4C3)C2=O)cc(OC)c1. The van der Waals surface area contributed by atoms with Crippen molar-refractivity contribution in [2.24, 2.45) is 5.41 Å². The number of rotatable bonds is 5. The smallest absolute Gasteiger partial charge is 0.274 e. The van der Waals surface area contributed by atoms with Crippen LogP contribution in [0.15, 0.2) is 36.4 Å². The molecule has 1 aliphatic heterocycles. The zero-order chi connectivity index (χ0) is 20.6. The second-order valence-electron chi connectivity index (χ2n) is 7.72. The number of carbonyl (C=O) groups excluding carboxylic acids is 2. The first kappa shape index (κ1) is 19.3. The van der Waals surface area contributed by atoms with Crippen LogP contribution in [0.3, 0.4) is 0 Å². The molecule has 1 atom stereocenters. The minimum Gasteiger partial charge on any atom is -0.497 e. The summed E-state index contributed by atoms with van der Waals surface area (Å²) in [7, 11) is 3.20. The van der Waals surface area contributed by atoms with Gasteiger partial charge >= 0.3 is 0 Å². The van der Waals surface area contributed by atoms with Gasteiger partial charge in [0.25, 0.3) is 5.91 Å². The Kier molecular flexibility index (Phi) is 4.92. The molecule has 0 aromatic heterocycles. The highest BCUT2D eigenvalue weighted by Gasteiger charge is 2.50. The summed E-state index contributed by atoms with van der Waals surface area (Å²) in [5, 5.41) is 9.02. The van der Waals surface area contributed by atoms with Crippen LogP contribution in [0.4, 0.5) is 0 Å². The predicted molar refractivity (Wildman–Crippen MR) is 105 cm³/mol. The van der Waals surface area contributed by atoms with Gasteiger partial charge in [0, 0.05) is 24.7 Å². The Bertz CT molecular complexity index is 951. The predicted octanol–water partition coefficient (Wildman–Crippen LogP) is 2.34. The van der Waals surface area contributed by atoms with E-state index in [0.717, 1.165) is 23.1 Å². The van der Waals surface area contributed by atoms with Gasteiger partial charge in [0.05, 0.1) is 19.6 Å². The summed E-state index contributed by atoms with van der Waals surface area (Å²) < 4.78 is 10.7. The lowest BCUT2D eigenvalue weighted by atomic mass is 9.83. The Morgan fingerprint density at radius 3 is 2.55 bits per heavy atom. The highest BCUT2D eigenvalue weighted by atomic mass is 16.5. The average molecular weight is 396 g/mol. The molecule has 1 aliphatic carbocycles. The fourth-order valence-corrected chi connectivity index (χ4v) is 4.60. The maximum atomic E-state index is 13.4. The molecule has 7 heteroatoms. The number of hydroxylamine groups is 1. The Morgan fingerprint density at radius 2 is 1.90 bits per heavy atom. The van der Waals surface area contributed by atoms with Crippen LogP contribution in [0.5, 0.6) is 11.5 Å². The zero-order valence-electron chi connectivity index (χ0n) is 16.5. The van der Waals surface area contributed by atoms with Crippen LogP contribution in [-0.2, 0) is 24.2 Å². The van der Waals surface area contributed by atoms with E-state index in [1.165, 1.54) is 0 Å². The quantitative estimate of drug-likeness (QED) is 0.598. The van der Waals surface area contributed by atoms with E-state index >= 15 is 0 Å². The minimum absolute atomic E-state index is 0.103. The number of hydrogen-bond acceptors (Lipinski definition) is 5. The molecule has 2 aromatic rings. The third kappa shape index (κ3) is 3.31. The van der Waals surface area contributed by atoms with Gasteiger partial charge in [-0.1, -0.05) is 12.1 Å². The second-order valence-corrected chi connectivity index (χ2v) is 7.72. The molecule has 0 saturated carbocycles. The molecule has 0 bridgehead atoms. The van der Waals surface area contributed by atoms with Gasteiger partial charge < -0.3 is 14.4 Å². The van der Waals surface area contributed by atoms with Crippen LogP contribution < -0.4 is 15.0 Å². The maximum absolute atomic E-state index is 13.4. The van der Waals surface area contributed by atoms with E-state index in [2.05, 4.69) is 0 Å². The number of methoxy groups -OCH3 is 2. The molecule has 2 amide bonds. The second kappa shape index (κ2) is 7.40. The third-order valence-electron chi connectivity index (χ3n) is 6.05. The van der Waals surface area contributed by atoms with Gasteiger partial charge in [0.2, 0.25) is 5.91 Å². The van der Waals surface area contributed by atoms with Gasteiger partial charge in [0.1, 0.15) is 11.5 Å². The molecular weight excluding hydrogens is 372 g/mol. The number of nitrogens with zero attached hydrogens (tertiary/aromatic N) is 1. The van der Waals surface area contributed by atoms with E-state index in [0.29, 0.717) is 43.0 Å². The molecule has 1 spiro atoms. The van der Waals surface area contributed by atoms with Crippen molar-refractivity contribution in [2.45, 2.75) is 25.8 Å². The largest absolute Gasteiger partial charge is 0.497 e. The Hall–Kier alpha value is -3.06. The van der Waals surface area contributed by atoms with E-state index in [4.69, 9.17) is 14.7 Å². The van der Waals surface area contributed by atoms with Crippen LogP contribution in [0.25, 0.3) is 0 Å². The van der Waals surface area contributed by atoms with E-state index in [9.17, 15) is 9.59 Å². The molecule has 29 heavy (non-hydrogen) atoms. The molecule has 4 rings (SSSR count). The topological polar surface area (TPSA) is 88.1 Å². The lowest BCUT2D eigenvalue weighted by molar-refractivity contribution is -0.136. The fraction of sp³-hybridized carbons (Fsp3) is 0.364. The van der Waals surface area contributed by atoms with Crippen molar-refractivity contribution in [1.82, 2.24) is 10.4 Å². The lowest BCUT2D eigenvalue weighted by Gasteiger charge is -2.23. The summed E-state index contributed by atoms with van der Waals surface area (Å²) >= 11 is 0. The molecule has 7 nitrogen and oxygen atoms in total. The summed E-state index contributed by atoms with van der Waals surface area (Å²) in [6.45, 7) is 1.14. The van der Waals surface area contributed by atoms with E-state index in [-0.39, 0.29) is 5.91 Å². The molecule has 1 unspecified atom stereocenters. The molecule has 2 aromatic carbocycles. The van der Waals surface area contributed by atoms with Crippen LogP contribution in [0.2, 0.25) is 0 Å². The number of nitrogens with one attached hydrogen (secondary N) is 1. The van der Waals surface area contributed by atoms with Crippen molar-refractivity contribution in [3.63, 3.8) is 0 Å². The molecular formula is C22H24N2O5. The average Bonchev–Trinajstić information content (AvgIpc) is 3.27. The summed E-state index contributed by atoms with van der Waals surface area (Å²) in [5.74, 6) is 0.942. The van der Waals surface area contributed by atoms with Crippen molar-refractivity contribution in [1.29, 1.82) is 0 Å². The Labute approximate surface area is 169 Å². The van der Waals surface area contributed by atoms with Crippen LogP contribution >= 0.6 is 0 Å². The Balaban J connectivity index is 1.56. The molecule has 2 N–H and O–H groups in total. The summed E-state index contributed by atoms with van der Waals surface area (Å²) in [4.78, 5) is 27.2. The monoisotopic (exact) mass is 396 g/mol. The van der Waals surface area contributed by atoms with Gasteiger partial charge in [-0.2, -0.15) is 0 Å². The minimum atomic E-state index is -0.537. The first-order valence-electron chi connectivity index (χ1n) is 9.56. The first-order chi connectivity index (χ1) is 14.0. The number of benzene rings is 2. The molecule has 1 fully saturated rings. The third-order valence-corrected chi connectivity index (χ3v) is 6.05. The van der Waals surface area contributed by atoms with Crippen molar-refractivity contribution in [3.05, 3.63) is 58.7 Å². The fourth-order valence-electron chi connectivity index (χ4n) is 4.60. The van der Waals surface area contributed by atoms with Crippen LogP contribution in [0, 0.1) is 5.41 Å². The van der Waals surface area contributed by atoms with Crippen molar-refractivity contribution in [2.75, 3.05) is 20.8 Å². The van der Waals surface area contributed by atoms with Crippen LogP contribution in [0.1, 0.15) is 33.5 Å². The van der Waals surface area contributed by atoms with Crippen molar-refractivity contribution < 1.29 is 24.3 Å². The summed E-state index contributed by atoms with van der Waals surface area (Å²) in [6, 6.07) is 11.1. The highest BCUT2D eigenvalue weighted by molar-refractivity contribution is 5.96. The van der Waals surface area contributed by atoms with Gasteiger partial charge in [-0.15, -0.1) is 0 Å². The van der Waals surface area contributed by atoms with Crippen LogP contribution in [-0.4, -0.2) is 42.7 Å². The number of amides is 2. The summed E-state index contributed by atoms with van der Waals surface area (Å²) in [6.07, 6.45) is 1.87. The number of fused-ring (bicyclic) bond motifs is 1. The van der Waals surface area contributed by atoms with Crippen molar-refractivity contribution >= 4 is 11.8 Å². The van der Waals surface area contributed by atoms with Gasteiger partial charge in [-0.05, 0) is 54.2 Å². The number of carbonyl (C=O) groups is 2. The van der Waals surface area contributed by atoms with Gasteiger partial charge in [-0.3, -0.25) is 14.8 Å². The number of hydrogen-bond donors (Lipinski definition) is 2. The zero-order valence-corrected chi connectivity index (χ0v) is 16.5. The van der Waals surface area contributed by atoms with Crippen molar-refractivity contribution in [3.8, 4) is 11.5 Å². The summed E-state index contributed by atoms with van der Waals surface area (Å²) in [5.41, 5.74) is 4.43. The molecule has 152 valence electrons. The number of ether oxygens (including phenoxy) is 2. The van der Waals surface area contributed by atoms with E-state index < -0.39 is 11.3 Å². The molecule has 2 aliphatic rings. The molecule has 1 heterocycles. The maximum Gasteiger partial charge on any atom is 0.274 e. The van der Waals surface area contributed by atoms with Gasteiger partial charge in [-0.25, -0.2) is 5.48 Å². The molecule has 1 saturated heterocycles. The van der Waals surface area contributed by atoms with Gasteiger partial charge in [0.15, 0.2) is 0 Å². The van der Waals surface area contributed by atoms with E-state index in [1.54, 1.807) is 37.9 Å². The Morgan fingerprint density at radius 1 is 1.17 bits per heavy atom. The first-order valence-corrected chi connectivity index (χ1v) is 9.56.